The predicted octanol–water partition coefficient (Wildman–Crippen LogP) is 6.74. The van der Waals surface area contributed by atoms with Gasteiger partial charge in [-0.05, 0) is 48.2 Å². The molecule has 0 unspecified atom stereocenters. The van der Waals surface area contributed by atoms with Crippen molar-refractivity contribution in [2.24, 2.45) is 4.99 Å². The quantitative estimate of drug-likeness (QED) is 0.329. The molecule has 0 saturated carbocycles. The molecule has 0 aliphatic heterocycles. The van der Waals surface area contributed by atoms with E-state index in [1.54, 1.807) is 7.11 Å². The normalized spacial score (nSPS) is 11.1. The lowest BCUT2D eigenvalue weighted by atomic mass is 10.0. The van der Waals surface area contributed by atoms with Crippen LogP contribution in [-0.4, -0.2) is 13.3 Å². The first-order valence-electron chi connectivity index (χ1n) is 9.59. The van der Waals surface area contributed by atoms with Crippen molar-refractivity contribution >= 4 is 11.9 Å². The highest BCUT2D eigenvalue weighted by Crippen LogP contribution is 2.18. The average molecular weight is 338 g/mol. The molecule has 2 aromatic rings. The molecule has 2 heteroatoms. The van der Waals surface area contributed by atoms with Crippen LogP contribution < -0.4 is 4.74 Å². The average Bonchev–Trinajstić information content (AvgIpc) is 2.67. The number of aliphatic imine (C=N–C) groups is 1. The molecule has 2 rings (SSSR count). The van der Waals surface area contributed by atoms with E-state index in [1.165, 1.54) is 56.9 Å². The summed E-state index contributed by atoms with van der Waals surface area (Å²) in [6.45, 7) is 2.27. The second kappa shape index (κ2) is 11.5. The number of nitrogens with zero attached hydrogens (tertiary/aromatic N) is 1. The minimum absolute atomic E-state index is 0.855. The number of methoxy groups -OCH3 is 1. The van der Waals surface area contributed by atoms with E-state index < -0.39 is 0 Å². The van der Waals surface area contributed by atoms with Crippen LogP contribution >= 0.6 is 0 Å². The number of unbranched alkanes of at least 4 members (excludes halogenated alkanes) is 6. The topological polar surface area (TPSA) is 21.6 Å². The molecule has 0 amide bonds. The van der Waals surface area contributed by atoms with Crippen LogP contribution in [0.3, 0.4) is 0 Å². The number of aryl methyl sites for hydroxylation is 1. The molecule has 0 saturated heterocycles. The fourth-order valence-electron chi connectivity index (χ4n) is 2.87. The van der Waals surface area contributed by atoms with Gasteiger partial charge in [-0.1, -0.05) is 69.7 Å². The monoisotopic (exact) mass is 337 g/mol. The number of ether oxygens (including phenoxy) is 1. The van der Waals surface area contributed by atoms with E-state index in [-0.39, 0.29) is 0 Å². The molecule has 0 aliphatic carbocycles. The molecular weight excluding hydrogens is 306 g/mol. The van der Waals surface area contributed by atoms with Gasteiger partial charge in [-0.2, -0.15) is 0 Å². The van der Waals surface area contributed by atoms with Crippen LogP contribution in [0.5, 0.6) is 5.75 Å². The van der Waals surface area contributed by atoms with E-state index >= 15 is 0 Å². The van der Waals surface area contributed by atoms with E-state index in [0.717, 1.165) is 17.0 Å². The molecule has 0 N–H and O–H groups in total. The van der Waals surface area contributed by atoms with Crippen molar-refractivity contribution in [3.63, 3.8) is 0 Å². The van der Waals surface area contributed by atoms with Gasteiger partial charge < -0.3 is 4.74 Å². The van der Waals surface area contributed by atoms with Crippen molar-refractivity contribution in [3.05, 3.63) is 59.7 Å². The van der Waals surface area contributed by atoms with Gasteiger partial charge in [0.1, 0.15) is 5.75 Å². The van der Waals surface area contributed by atoms with Crippen LogP contribution in [0.1, 0.15) is 63.0 Å². The SMILES string of the molecule is CCCCCCCCCc1ccc(C=Nc2ccc(OC)cc2)cc1. The van der Waals surface area contributed by atoms with Crippen LogP contribution in [-0.2, 0) is 6.42 Å². The van der Waals surface area contributed by atoms with Crippen molar-refractivity contribution in [2.75, 3.05) is 7.11 Å². The zero-order valence-electron chi connectivity index (χ0n) is 15.7. The van der Waals surface area contributed by atoms with Crippen LogP contribution in [0.4, 0.5) is 5.69 Å². The number of hydrogen-bond acceptors (Lipinski definition) is 2. The van der Waals surface area contributed by atoms with Gasteiger partial charge in [0, 0.05) is 6.21 Å². The molecule has 0 atom stereocenters. The number of benzene rings is 2. The zero-order chi connectivity index (χ0) is 17.7. The van der Waals surface area contributed by atoms with E-state index in [0.29, 0.717) is 0 Å². The van der Waals surface area contributed by atoms with Gasteiger partial charge in [-0.3, -0.25) is 4.99 Å². The van der Waals surface area contributed by atoms with Crippen molar-refractivity contribution < 1.29 is 4.74 Å². The summed E-state index contributed by atoms with van der Waals surface area (Å²) in [4.78, 5) is 4.51. The Morgan fingerprint density at radius 3 is 2.08 bits per heavy atom. The Morgan fingerprint density at radius 2 is 1.44 bits per heavy atom. The predicted molar refractivity (Wildman–Crippen MR) is 108 cm³/mol. The molecule has 134 valence electrons. The molecule has 0 aromatic heterocycles. The lowest BCUT2D eigenvalue weighted by Gasteiger charge is -2.03. The molecule has 0 heterocycles. The summed E-state index contributed by atoms with van der Waals surface area (Å²) in [7, 11) is 1.67. The summed E-state index contributed by atoms with van der Waals surface area (Å²) in [6.07, 6.45) is 12.6. The lowest BCUT2D eigenvalue weighted by molar-refractivity contribution is 0.415. The number of hydrogen-bond donors (Lipinski definition) is 0. The minimum Gasteiger partial charge on any atom is -0.497 e. The van der Waals surface area contributed by atoms with Crippen molar-refractivity contribution in [1.29, 1.82) is 0 Å². The van der Waals surface area contributed by atoms with Crippen LogP contribution in [0.25, 0.3) is 0 Å². The molecule has 2 aromatic carbocycles. The molecular formula is C23H31NO. The smallest absolute Gasteiger partial charge is 0.119 e. The maximum Gasteiger partial charge on any atom is 0.119 e. The fourth-order valence-corrected chi connectivity index (χ4v) is 2.87. The summed E-state index contributed by atoms with van der Waals surface area (Å²) in [5.74, 6) is 0.855. The summed E-state index contributed by atoms with van der Waals surface area (Å²) in [6, 6.07) is 16.6. The highest BCUT2D eigenvalue weighted by molar-refractivity contribution is 5.81. The zero-order valence-corrected chi connectivity index (χ0v) is 15.7. The summed E-state index contributed by atoms with van der Waals surface area (Å²) >= 11 is 0. The first-order chi connectivity index (χ1) is 12.3. The lowest BCUT2D eigenvalue weighted by Crippen LogP contribution is -1.88. The molecule has 0 spiro atoms. The molecule has 2 nitrogen and oxygen atoms in total. The van der Waals surface area contributed by atoms with E-state index in [4.69, 9.17) is 4.74 Å². The Kier molecular flexibility index (Phi) is 8.82. The Bertz CT molecular complexity index is 614. The third-order valence-corrected chi connectivity index (χ3v) is 4.48. The first kappa shape index (κ1) is 19.2. The highest BCUT2D eigenvalue weighted by atomic mass is 16.5. The van der Waals surface area contributed by atoms with Gasteiger partial charge in [0.15, 0.2) is 0 Å². The van der Waals surface area contributed by atoms with Crippen molar-refractivity contribution in [2.45, 2.75) is 58.3 Å². The molecule has 0 radical (unpaired) electrons. The summed E-state index contributed by atoms with van der Waals surface area (Å²) in [5.41, 5.74) is 3.50. The Hall–Kier alpha value is -2.09. The third kappa shape index (κ3) is 7.55. The molecule has 25 heavy (non-hydrogen) atoms. The van der Waals surface area contributed by atoms with Gasteiger partial charge in [-0.15, -0.1) is 0 Å². The largest absolute Gasteiger partial charge is 0.497 e. The molecule has 0 aliphatic rings. The van der Waals surface area contributed by atoms with Gasteiger partial charge in [0.25, 0.3) is 0 Å². The van der Waals surface area contributed by atoms with Crippen LogP contribution in [0, 0.1) is 0 Å². The maximum absolute atomic E-state index is 5.16. The standard InChI is InChI=1S/C23H31NO/c1-3-4-5-6-7-8-9-10-20-11-13-21(14-12-20)19-24-22-15-17-23(25-2)18-16-22/h11-19H,3-10H2,1-2H3. The fraction of sp³-hybridized carbons (Fsp3) is 0.435. The summed E-state index contributed by atoms with van der Waals surface area (Å²) < 4.78 is 5.16. The molecule has 0 fully saturated rings. The Morgan fingerprint density at radius 1 is 0.800 bits per heavy atom. The second-order valence-corrected chi connectivity index (χ2v) is 6.57. The number of rotatable bonds is 11. The highest BCUT2D eigenvalue weighted by Gasteiger charge is 1.96. The second-order valence-electron chi connectivity index (χ2n) is 6.57. The van der Waals surface area contributed by atoms with Crippen molar-refractivity contribution in [1.82, 2.24) is 0 Å². The Labute approximate surface area is 153 Å². The van der Waals surface area contributed by atoms with Crippen LogP contribution in [0.2, 0.25) is 0 Å². The van der Waals surface area contributed by atoms with Gasteiger partial charge in [0.05, 0.1) is 12.8 Å². The van der Waals surface area contributed by atoms with Crippen molar-refractivity contribution in [3.8, 4) is 5.75 Å². The van der Waals surface area contributed by atoms with E-state index in [1.807, 2.05) is 30.5 Å². The minimum atomic E-state index is 0.855. The first-order valence-corrected chi connectivity index (χ1v) is 9.59. The maximum atomic E-state index is 5.16. The van der Waals surface area contributed by atoms with E-state index in [9.17, 15) is 0 Å². The Balaban J connectivity index is 1.72. The van der Waals surface area contributed by atoms with Crippen LogP contribution in [0.15, 0.2) is 53.5 Å². The van der Waals surface area contributed by atoms with E-state index in [2.05, 4.69) is 36.2 Å². The van der Waals surface area contributed by atoms with Gasteiger partial charge >= 0.3 is 0 Å². The summed E-state index contributed by atoms with van der Waals surface area (Å²) in [5, 5.41) is 0. The van der Waals surface area contributed by atoms with Gasteiger partial charge in [-0.25, -0.2) is 0 Å². The van der Waals surface area contributed by atoms with Gasteiger partial charge in [0.2, 0.25) is 0 Å². The molecule has 0 bridgehead atoms. The third-order valence-electron chi connectivity index (χ3n) is 4.48.